The maximum atomic E-state index is 13.6. The molecule has 8 nitrogen and oxygen atoms in total. The second-order valence-electron chi connectivity index (χ2n) is 8.53. The van der Waals surface area contributed by atoms with Gasteiger partial charge in [0.25, 0.3) is 17.7 Å². The zero-order chi connectivity index (χ0) is 26.1. The molecule has 0 unspecified atom stereocenters. The summed E-state index contributed by atoms with van der Waals surface area (Å²) < 4.78 is 10.8. The summed E-state index contributed by atoms with van der Waals surface area (Å²) in [4.78, 5) is 54.6. The van der Waals surface area contributed by atoms with Gasteiger partial charge < -0.3 is 14.4 Å². The van der Waals surface area contributed by atoms with Gasteiger partial charge in [0.1, 0.15) is 17.8 Å². The van der Waals surface area contributed by atoms with Crippen LogP contribution in [0, 0.1) is 11.8 Å². The van der Waals surface area contributed by atoms with E-state index >= 15 is 0 Å². The lowest BCUT2D eigenvalue weighted by Gasteiger charge is -2.50. The number of methoxy groups -OCH3 is 1. The van der Waals surface area contributed by atoms with Crippen molar-refractivity contribution >= 4 is 29.4 Å². The fourth-order valence-electron chi connectivity index (χ4n) is 4.60. The number of carbonyl (C=O) groups is 4. The van der Waals surface area contributed by atoms with E-state index < -0.39 is 41.9 Å². The molecule has 8 heteroatoms. The van der Waals surface area contributed by atoms with E-state index in [-0.39, 0.29) is 11.1 Å². The van der Waals surface area contributed by atoms with Crippen molar-refractivity contribution in [2.24, 2.45) is 0 Å². The second kappa shape index (κ2) is 9.63. The van der Waals surface area contributed by atoms with E-state index in [1.165, 1.54) is 18.9 Å². The number of carbonyl (C=O) groups excluding carboxylic acids is 4. The smallest absolute Gasteiger partial charge is 0.303 e. The number of imide groups is 1. The van der Waals surface area contributed by atoms with Gasteiger partial charge in [0.2, 0.25) is 0 Å². The summed E-state index contributed by atoms with van der Waals surface area (Å²) in [5.74, 6) is 4.29. The molecule has 2 aliphatic heterocycles. The fraction of sp³-hybridized carbons (Fsp3) is 0.172. The van der Waals surface area contributed by atoms with Crippen LogP contribution in [-0.4, -0.2) is 53.9 Å². The van der Waals surface area contributed by atoms with Crippen LogP contribution in [0.5, 0.6) is 5.75 Å². The minimum absolute atomic E-state index is 0.223. The van der Waals surface area contributed by atoms with Gasteiger partial charge in [0.05, 0.1) is 18.2 Å². The lowest BCUT2D eigenvalue weighted by Crippen LogP contribution is -2.75. The molecule has 3 aromatic carbocycles. The molecule has 3 atom stereocenters. The fourth-order valence-corrected chi connectivity index (χ4v) is 4.60. The number of nitrogens with zero attached hydrogens (tertiary/aromatic N) is 2. The van der Waals surface area contributed by atoms with Crippen molar-refractivity contribution in [1.82, 2.24) is 4.90 Å². The number of β-lactam (4-membered cyclic amide) rings is 1. The van der Waals surface area contributed by atoms with Gasteiger partial charge in [-0.15, -0.1) is 0 Å². The van der Waals surface area contributed by atoms with E-state index in [2.05, 4.69) is 11.8 Å². The quantitative estimate of drug-likeness (QED) is 0.234. The van der Waals surface area contributed by atoms with Crippen molar-refractivity contribution < 1.29 is 28.7 Å². The molecule has 0 bridgehead atoms. The molecule has 0 aromatic heterocycles. The number of hydrogen-bond acceptors (Lipinski definition) is 6. The minimum Gasteiger partial charge on any atom is -0.497 e. The molecule has 1 saturated heterocycles. The van der Waals surface area contributed by atoms with Crippen molar-refractivity contribution in [3.63, 3.8) is 0 Å². The summed E-state index contributed by atoms with van der Waals surface area (Å²) in [6.45, 7) is 1.24. The lowest BCUT2D eigenvalue weighted by atomic mass is 9.87. The average Bonchev–Trinajstić information content (AvgIpc) is 3.16. The third-order valence-corrected chi connectivity index (χ3v) is 6.30. The van der Waals surface area contributed by atoms with E-state index in [0.717, 1.165) is 4.90 Å². The topological polar surface area (TPSA) is 93.2 Å². The highest BCUT2D eigenvalue weighted by atomic mass is 16.5. The van der Waals surface area contributed by atoms with E-state index in [4.69, 9.17) is 9.47 Å². The monoisotopic (exact) mass is 494 g/mol. The molecule has 0 spiro atoms. The second-order valence-corrected chi connectivity index (χ2v) is 8.53. The molecule has 5 rings (SSSR count). The van der Waals surface area contributed by atoms with Crippen molar-refractivity contribution in [3.8, 4) is 17.6 Å². The number of fused-ring (bicyclic) bond motifs is 1. The van der Waals surface area contributed by atoms with Crippen LogP contribution in [-0.2, 0) is 14.3 Å². The van der Waals surface area contributed by atoms with Gasteiger partial charge in [-0.25, -0.2) is 0 Å². The van der Waals surface area contributed by atoms with E-state index in [1.54, 1.807) is 60.7 Å². The highest BCUT2D eigenvalue weighted by Gasteiger charge is 2.60. The zero-order valence-electron chi connectivity index (χ0n) is 20.1. The Bertz CT molecular complexity index is 1420. The number of esters is 1. The molecule has 37 heavy (non-hydrogen) atoms. The first kappa shape index (κ1) is 23.8. The molecule has 0 aliphatic carbocycles. The van der Waals surface area contributed by atoms with Crippen LogP contribution in [0.3, 0.4) is 0 Å². The van der Waals surface area contributed by atoms with E-state index in [9.17, 15) is 19.2 Å². The van der Waals surface area contributed by atoms with E-state index in [0.29, 0.717) is 17.0 Å². The number of rotatable bonds is 5. The predicted octanol–water partition coefficient (Wildman–Crippen LogP) is 3.06. The van der Waals surface area contributed by atoms with Crippen LogP contribution >= 0.6 is 0 Å². The van der Waals surface area contributed by atoms with Crippen LogP contribution in [0.2, 0.25) is 0 Å². The van der Waals surface area contributed by atoms with Gasteiger partial charge >= 0.3 is 5.97 Å². The maximum Gasteiger partial charge on any atom is 0.303 e. The van der Waals surface area contributed by atoms with Gasteiger partial charge in [-0.05, 0) is 48.5 Å². The standard InChI is InChI=1S/C29H22N2O6/c1-18(32)37-24(17-12-19-8-4-3-5-9-19)25-26(29(35)30(25)20-13-15-21(36-2)16-14-20)31-27(33)22-10-6-7-11-23(22)28(31)34/h3-11,13-16,24-26H,1-2H3/t24-,25+,26-/m1/s1. The molecule has 0 N–H and O–H groups in total. The molecular weight excluding hydrogens is 472 g/mol. The first-order valence-electron chi connectivity index (χ1n) is 11.6. The van der Waals surface area contributed by atoms with Crippen molar-refractivity contribution in [2.45, 2.75) is 25.1 Å². The third-order valence-electron chi connectivity index (χ3n) is 6.30. The van der Waals surface area contributed by atoms with Crippen LogP contribution < -0.4 is 9.64 Å². The molecule has 3 aromatic rings. The van der Waals surface area contributed by atoms with Crippen LogP contribution in [0.4, 0.5) is 5.69 Å². The molecule has 184 valence electrons. The Morgan fingerprint density at radius 1 is 0.838 bits per heavy atom. The molecule has 3 amide bonds. The Hall–Kier alpha value is -4.90. The summed E-state index contributed by atoms with van der Waals surface area (Å²) in [6.07, 6.45) is -1.12. The lowest BCUT2D eigenvalue weighted by molar-refractivity contribution is -0.149. The summed E-state index contributed by atoms with van der Waals surface area (Å²) in [6, 6.07) is 20.1. The number of benzene rings is 3. The summed E-state index contributed by atoms with van der Waals surface area (Å²) in [5, 5.41) is 0. The molecule has 0 radical (unpaired) electrons. The Balaban J connectivity index is 1.58. The van der Waals surface area contributed by atoms with Gasteiger partial charge in [0.15, 0.2) is 6.10 Å². The number of hydrogen-bond donors (Lipinski definition) is 0. The Morgan fingerprint density at radius 2 is 1.43 bits per heavy atom. The van der Waals surface area contributed by atoms with Gasteiger partial charge in [-0.2, -0.15) is 0 Å². The molecule has 2 aliphatic rings. The molecule has 0 saturated carbocycles. The number of anilines is 1. The Labute approximate surface area is 213 Å². The highest BCUT2D eigenvalue weighted by Crippen LogP contribution is 2.38. The Morgan fingerprint density at radius 3 is 2.00 bits per heavy atom. The first-order valence-corrected chi connectivity index (χ1v) is 11.6. The number of amides is 3. The summed E-state index contributed by atoms with van der Waals surface area (Å²) in [5.41, 5.74) is 1.61. The Kier molecular flexibility index (Phi) is 6.20. The average molecular weight is 495 g/mol. The van der Waals surface area contributed by atoms with Crippen LogP contribution in [0.1, 0.15) is 33.2 Å². The molecular formula is C29H22N2O6. The largest absolute Gasteiger partial charge is 0.497 e. The van der Waals surface area contributed by atoms with Gasteiger partial charge in [0, 0.05) is 18.2 Å². The zero-order valence-corrected chi connectivity index (χ0v) is 20.1. The minimum atomic E-state index is -1.20. The van der Waals surface area contributed by atoms with Gasteiger partial charge in [-0.3, -0.25) is 24.1 Å². The normalized spacial score (nSPS) is 18.9. The molecule has 2 heterocycles. The third kappa shape index (κ3) is 4.21. The number of ether oxygens (including phenoxy) is 2. The van der Waals surface area contributed by atoms with Crippen molar-refractivity contribution in [1.29, 1.82) is 0 Å². The summed E-state index contributed by atoms with van der Waals surface area (Å²) >= 11 is 0. The van der Waals surface area contributed by atoms with Crippen LogP contribution in [0.15, 0.2) is 78.9 Å². The van der Waals surface area contributed by atoms with Crippen LogP contribution in [0.25, 0.3) is 0 Å². The van der Waals surface area contributed by atoms with Crippen molar-refractivity contribution in [3.05, 3.63) is 95.6 Å². The predicted molar refractivity (Wildman–Crippen MR) is 134 cm³/mol. The van der Waals surface area contributed by atoms with Gasteiger partial charge in [-0.1, -0.05) is 42.2 Å². The van der Waals surface area contributed by atoms with E-state index in [1.807, 2.05) is 18.2 Å². The SMILES string of the molecule is COc1ccc(N2C(=O)[C@H](N3C(=O)c4ccccc4C3=O)[C@@H]2[C@@H](C#Cc2ccccc2)OC(C)=O)cc1. The first-order chi connectivity index (χ1) is 17.9. The summed E-state index contributed by atoms with van der Waals surface area (Å²) in [7, 11) is 1.53. The highest BCUT2D eigenvalue weighted by molar-refractivity contribution is 6.24. The van der Waals surface area contributed by atoms with Crippen molar-refractivity contribution in [2.75, 3.05) is 12.0 Å². The maximum absolute atomic E-state index is 13.6. The molecule has 1 fully saturated rings.